The second-order valence-electron chi connectivity index (χ2n) is 5.44. The van der Waals surface area contributed by atoms with Gasteiger partial charge >= 0.3 is 0 Å². The molecule has 2 rings (SSSR count). The van der Waals surface area contributed by atoms with Crippen LogP contribution in [0.25, 0.3) is 0 Å². The zero-order chi connectivity index (χ0) is 10.8. The molecule has 0 bridgehead atoms. The average molecular weight is 209 g/mol. The smallest absolute Gasteiger partial charge is 0.132 e. The maximum Gasteiger partial charge on any atom is 0.132 e. The first-order valence-electron chi connectivity index (χ1n) is 6.38. The largest absolute Gasteiger partial charge is 0.317 e. The third-order valence-electron chi connectivity index (χ3n) is 4.60. The molecule has 2 heteroatoms. The molecule has 0 saturated heterocycles. The highest BCUT2D eigenvalue weighted by Gasteiger charge is 2.36. The third kappa shape index (κ3) is 2.41. The summed E-state index contributed by atoms with van der Waals surface area (Å²) < 4.78 is 0. The van der Waals surface area contributed by atoms with Gasteiger partial charge in [0.1, 0.15) is 5.78 Å². The van der Waals surface area contributed by atoms with E-state index in [1.165, 1.54) is 32.1 Å². The molecule has 0 aromatic carbocycles. The van der Waals surface area contributed by atoms with Crippen LogP contribution in [0.4, 0.5) is 0 Å². The molecule has 4 unspecified atom stereocenters. The van der Waals surface area contributed by atoms with E-state index in [2.05, 4.69) is 12.4 Å². The van der Waals surface area contributed by atoms with Crippen LogP contribution < -0.4 is 5.32 Å². The standard InChI is InChI=1S/C13H23NO/c1-9(15)10-3-4-12-8-13(14-2)6-5-11(12)7-10/h10-14H,3-8H2,1-2H3. The average Bonchev–Trinajstić information content (AvgIpc) is 2.27. The number of Topliss-reactive ketones (excluding diaryl/α,β-unsaturated/α-hetero) is 1. The Morgan fingerprint density at radius 1 is 1.07 bits per heavy atom. The number of ketones is 1. The van der Waals surface area contributed by atoms with Crippen molar-refractivity contribution in [1.29, 1.82) is 0 Å². The molecular weight excluding hydrogens is 186 g/mol. The number of hydrogen-bond acceptors (Lipinski definition) is 2. The van der Waals surface area contributed by atoms with Gasteiger partial charge < -0.3 is 5.32 Å². The van der Waals surface area contributed by atoms with Gasteiger partial charge in [0, 0.05) is 12.0 Å². The second-order valence-corrected chi connectivity index (χ2v) is 5.44. The van der Waals surface area contributed by atoms with Gasteiger partial charge in [-0.1, -0.05) is 0 Å². The van der Waals surface area contributed by atoms with Gasteiger partial charge in [-0.3, -0.25) is 4.79 Å². The van der Waals surface area contributed by atoms with Crippen LogP contribution in [0.15, 0.2) is 0 Å². The Balaban J connectivity index is 1.91. The van der Waals surface area contributed by atoms with Gasteiger partial charge in [-0.2, -0.15) is 0 Å². The lowest BCUT2D eigenvalue weighted by atomic mass is 9.66. The second kappa shape index (κ2) is 4.65. The fourth-order valence-electron chi connectivity index (χ4n) is 3.52. The zero-order valence-corrected chi connectivity index (χ0v) is 9.96. The first kappa shape index (κ1) is 11.1. The van der Waals surface area contributed by atoms with Crippen LogP contribution in [-0.4, -0.2) is 18.9 Å². The summed E-state index contributed by atoms with van der Waals surface area (Å²) in [7, 11) is 2.08. The fraction of sp³-hybridized carbons (Fsp3) is 0.923. The summed E-state index contributed by atoms with van der Waals surface area (Å²) in [5.74, 6) is 2.55. The van der Waals surface area contributed by atoms with Crippen molar-refractivity contribution in [2.24, 2.45) is 17.8 Å². The molecule has 0 aliphatic heterocycles. The molecule has 0 amide bonds. The van der Waals surface area contributed by atoms with Crippen molar-refractivity contribution in [2.45, 2.75) is 51.5 Å². The summed E-state index contributed by atoms with van der Waals surface area (Å²) in [5, 5.41) is 3.40. The van der Waals surface area contributed by atoms with E-state index in [0.29, 0.717) is 11.7 Å². The minimum atomic E-state index is 0.386. The lowest BCUT2D eigenvalue weighted by Crippen LogP contribution is -2.39. The molecule has 0 spiro atoms. The predicted molar refractivity (Wildman–Crippen MR) is 61.7 cm³/mol. The molecule has 2 nitrogen and oxygen atoms in total. The van der Waals surface area contributed by atoms with Gasteiger partial charge in [-0.15, -0.1) is 0 Å². The van der Waals surface area contributed by atoms with E-state index in [0.717, 1.165) is 24.3 Å². The van der Waals surface area contributed by atoms with Gasteiger partial charge in [-0.05, 0) is 64.3 Å². The summed E-state index contributed by atoms with van der Waals surface area (Å²) in [4.78, 5) is 11.4. The van der Waals surface area contributed by atoms with E-state index < -0.39 is 0 Å². The number of carbonyl (C=O) groups excluding carboxylic acids is 1. The van der Waals surface area contributed by atoms with E-state index in [1.54, 1.807) is 6.92 Å². The monoisotopic (exact) mass is 209 g/mol. The van der Waals surface area contributed by atoms with Gasteiger partial charge in [0.05, 0.1) is 0 Å². The van der Waals surface area contributed by atoms with Crippen molar-refractivity contribution in [3.05, 3.63) is 0 Å². The predicted octanol–water partition coefficient (Wildman–Crippen LogP) is 2.38. The Labute approximate surface area is 92.8 Å². The number of fused-ring (bicyclic) bond motifs is 1. The van der Waals surface area contributed by atoms with Gasteiger partial charge in [0.15, 0.2) is 0 Å². The number of hydrogen-bond donors (Lipinski definition) is 1. The van der Waals surface area contributed by atoms with E-state index in [1.807, 2.05) is 0 Å². The van der Waals surface area contributed by atoms with Crippen molar-refractivity contribution in [3.8, 4) is 0 Å². The van der Waals surface area contributed by atoms with Gasteiger partial charge in [0.25, 0.3) is 0 Å². The molecule has 0 heterocycles. The normalized spacial score (nSPS) is 40.9. The Kier molecular flexibility index (Phi) is 3.45. The minimum absolute atomic E-state index is 0.386. The lowest BCUT2D eigenvalue weighted by molar-refractivity contribution is -0.122. The minimum Gasteiger partial charge on any atom is -0.317 e. The van der Waals surface area contributed by atoms with Gasteiger partial charge in [-0.25, -0.2) is 0 Å². The molecule has 1 N–H and O–H groups in total. The first-order chi connectivity index (χ1) is 7.20. The first-order valence-corrected chi connectivity index (χ1v) is 6.38. The van der Waals surface area contributed by atoms with Crippen LogP contribution in [0.5, 0.6) is 0 Å². The Morgan fingerprint density at radius 3 is 2.40 bits per heavy atom. The molecule has 86 valence electrons. The van der Waals surface area contributed by atoms with Crippen LogP contribution >= 0.6 is 0 Å². The molecular formula is C13H23NO. The number of rotatable bonds is 2. The van der Waals surface area contributed by atoms with E-state index in [9.17, 15) is 4.79 Å². The summed E-state index contributed by atoms with van der Waals surface area (Å²) in [5.41, 5.74) is 0. The number of nitrogens with one attached hydrogen (secondary N) is 1. The number of carbonyl (C=O) groups is 1. The summed E-state index contributed by atoms with van der Waals surface area (Å²) in [6.45, 7) is 1.77. The highest BCUT2D eigenvalue weighted by Crippen LogP contribution is 2.42. The van der Waals surface area contributed by atoms with Gasteiger partial charge in [0.2, 0.25) is 0 Å². The Bertz CT molecular complexity index is 239. The van der Waals surface area contributed by atoms with Crippen molar-refractivity contribution in [3.63, 3.8) is 0 Å². The summed E-state index contributed by atoms with van der Waals surface area (Å²) >= 11 is 0. The van der Waals surface area contributed by atoms with Crippen molar-refractivity contribution < 1.29 is 4.79 Å². The maximum absolute atomic E-state index is 11.4. The fourth-order valence-corrected chi connectivity index (χ4v) is 3.52. The molecule has 2 saturated carbocycles. The molecule has 4 atom stereocenters. The lowest BCUT2D eigenvalue weighted by Gasteiger charge is -2.41. The van der Waals surface area contributed by atoms with Crippen molar-refractivity contribution >= 4 is 5.78 Å². The quantitative estimate of drug-likeness (QED) is 0.756. The molecule has 15 heavy (non-hydrogen) atoms. The maximum atomic E-state index is 11.4. The van der Waals surface area contributed by atoms with Crippen LogP contribution in [0, 0.1) is 17.8 Å². The third-order valence-corrected chi connectivity index (χ3v) is 4.60. The van der Waals surface area contributed by atoms with E-state index in [-0.39, 0.29) is 0 Å². The van der Waals surface area contributed by atoms with Crippen LogP contribution in [0.2, 0.25) is 0 Å². The van der Waals surface area contributed by atoms with Crippen LogP contribution in [-0.2, 0) is 4.79 Å². The Morgan fingerprint density at radius 2 is 1.73 bits per heavy atom. The van der Waals surface area contributed by atoms with Crippen molar-refractivity contribution in [1.82, 2.24) is 5.32 Å². The van der Waals surface area contributed by atoms with Crippen LogP contribution in [0.1, 0.15) is 45.4 Å². The molecule has 2 fully saturated rings. The highest BCUT2D eigenvalue weighted by atomic mass is 16.1. The molecule has 0 radical (unpaired) electrons. The van der Waals surface area contributed by atoms with E-state index >= 15 is 0 Å². The molecule has 0 aromatic rings. The SMILES string of the molecule is CNC1CCC2CC(C(C)=O)CCC2C1. The highest BCUT2D eigenvalue weighted by molar-refractivity contribution is 5.78. The molecule has 2 aliphatic carbocycles. The van der Waals surface area contributed by atoms with Crippen LogP contribution in [0.3, 0.4) is 0 Å². The topological polar surface area (TPSA) is 29.1 Å². The summed E-state index contributed by atoms with van der Waals surface area (Å²) in [6.07, 6.45) is 7.59. The molecule has 0 aromatic heterocycles. The van der Waals surface area contributed by atoms with Crippen molar-refractivity contribution in [2.75, 3.05) is 7.05 Å². The Hall–Kier alpha value is -0.370. The zero-order valence-electron chi connectivity index (χ0n) is 9.96. The summed E-state index contributed by atoms with van der Waals surface area (Å²) in [6, 6.07) is 0.736. The van der Waals surface area contributed by atoms with E-state index in [4.69, 9.17) is 0 Å². The molecule has 2 aliphatic rings.